The molecular formula is C14H15Cl2N3O2. The highest BCUT2D eigenvalue weighted by molar-refractivity contribution is 6.30. The third-order valence-corrected chi connectivity index (χ3v) is 3.88. The van der Waals surface area contributed by atoms with E-state index in [-0.39, 0.29) is 11.7 Å². The van der Waals surface area contributed by atoms with E-state index in [4.69, 9.17) is 27.9 Å². The average molecular weight is 328 g/mol. The number of alkyl halides is 1. The second-order valence-corrected chi connectivity index (χ2v) is 5.89. The Morgan fingerprint density at radius 2 is 2.05 bits per heavy atom. The number of hydrogen-bond donors (Lipinski definition) is 0. The first kappa shape index (κ1) is 15.8. The summed E-state index contributed by atoms with van der Waals surface area (Å²) in [6.07, 6.45) is 1.85. The first-order chi connectivity index (χ1) is 9.94. The Balaban J connectivity index is 2.29. The minimum absolute atomic E-state index is 0.182. The van der Waals surface area contributed by atoms with Crippen LogP contribution in [0.15, 0.2) is 36.9 Å². The molecule has 0 spiro atoms. The summed E-state index contributed by atoms with van der Waals surface area (Å²) in [5.74, 6) is 0.512. The lowest BCUT2D eigenvalue weighted by molar-refractivity contribution is -0.138. The number of hydrogen-bond acceptors (Lipinski definition) is 4. The average Bonchev–Trinajstić information content (AvgIpc) is 3.00. The van der Waals surface area contributed by atoms with E-state index in [1.807, 2.05) is 0 Å². The number of benzene rings is 1. The molecule has 0 aliphatic heterocycles. The third kappa shape index (κ3) is 3.74. The molecular weight excluding hydrogens is 313 g/mol. The number of ketones is 1. The van der Waals surface area contributed by atoms with Crippen molar-refractivity contribution < 1.29 is 9.53 Å². The highest BCUT2D eigenvalue weighted by Crippen LogP contribution is 2.28. The summed E-state index contributed by atoms with van der Waals surface area (Å²) in [5, 5.41) is 4.58. The van der Waals surface area contributed by atoms with Crippen LogP contribution in [0.4, 0.5) is 0 Å². The van der Waals surface area contributed by atoms with Gasteiger partial charge in [-0.2, -0.15) is 5.10 Å². The van der Waals surface area contributed by atoms with E-state index in [9.17, 15) is 4.79 Å². The van der Waals surface area contributed by atoms with E-state index in [2.05, 4.69) is 10.1 Å². The van der Waals surface area contributed by atoms with Crippen molar-refractivity contribution in [1.29, 1.82) is 0 Å². The Bertz CT molecular complexity index is 597. The van der Waals surface area contributed by atoms with Gasteiger partial charge in [0.05, 0.1) is 0 Å². The van der Waals surface area contributed by atoms with Gasteiger partial charge >= 0.3 is 0 Å². The summed E-state index contributed by atoms with van der Waals surface area (Å²) in [6.45, 7) is 3.52. The third-order valence-electron chi connectivity index (χ3n) is 2.96. The van der Waals surface area contributed by atoms with Gasteiger partial charge in [-0.1, -0.05) is 25.4 Å². The van der Waals surface area contributed by atoms with Crippen molar-refractivity contribution in [2.75, 3.05) is 5.88 Å². The van der Waals surface area contributed by atoms with Crippen LogP contribution in [0.3, 0.4) is 0 Å². The first-order valence-corrected chi connectivity index (χ1v) is 7.22. The maximum absolute atomic E-state index is 12.6. The molecule has 5 nitrogen and oxygen atoms in total. The van der Waals surface area contributed by atoms with Crippen LogP contribution < -0.4 is 4.74 Å². The minimum atomic E-state index is -0.928. The van der Waals surface area contributed by atoms with Crippen LogP contribution in [-0.4, -0.2) is 26.4 Å². The van der Waals surface area contributed by atoms with Crippen LogP contribution in [0.1, 0.15) is 20.1 Å². The van der Waals surface area contributed by atoms with Gasteiger partial charge in [0, 0.05) is 16.3 Å². The second-order valence-electron chi connectivity index (χ2n) is 5.18. The minimum Gasteiger partial charge on any atom is -0.461 e. The van der Waals surface area contributed by atoms with Gasteiger partial charge in [0.2, 0.25) is 5.78 Å². The molecule has 1 aromatic carbocycles. The molecule has 0 saturated carbocycles. The molecule has 0 amide bonds. The molecule has 0 aliphatic rings. The zero-order valence-corrected chi connectivity index (χ0v) is 13.2. The van der Waals surface area contributed by atoms with Crippen molar-refractivity contribution in [3.63, 3.8) is 0 Å². The quantitative estimate of drug-likeness (QED) is 0.763. The van der Waals surface area contributed by atoms with E-state index in [1.54, 1.807) is 38.1 Å². The lowest BCUT2D eigenvalue weighted by Gasteiger charge is -2.26. The zero-order chi connectivity index (χ0) is 15.5. The molecule has 112 valence electrons. The van der Waals surface area contributed by atoms with Gasteiger partial charge in [-0.15, -0.1) is 11.6 Å². The second kappa shape index (κ2) is 6.45. The lowest BCUT2D eigenvalue weighted by Crippen LogP contribution is -2.37. The molecule has 1 atom stereocenters. The van der Waals surface area contributed by atoms with E-state index >= 15 is 0 Å². The van der Waals surface area contributed by atoms with Crippen molar-refractivity contribution >= 4 is 29.0 Å². The molecule has 2 rings (SSSR count). The molecule has 0 N–H and O–H groups in total. The first-order valence-electron chi connectivity index (χ1n) is 6.30. The Kier molecular flexibility index (Phi) is 4.85. The van der Waals surface area contributed by atoms with Gasteiger partial charge in [-0.25, -0.2) is 9.67 Å². The van der Waals surface area contributed by atoms with Crippen LogP contribution >= 0.6 is 23.2 Å². The van der Waals surface area contributed by atoms with Gasteiger partial charge in [0.25, 0.3) is 6.23 Å². The van der Waals surface area contributed by atoms with Crippen LogP contribution in [0.25, 0.3) is 0 Å². The fourth-order valence-electron chi connectivity index (χ4n) is 1.61. The monoisotopic (exact) mass is 327 g/mol. The topological polar surface area (TPSA) is 57.0 Å². The summed E-state index contributed by atoms with van der Waals surface area (Å²) in [5.41, 5.74) is -0.745. The summed E-state index contributed by atoms with van der Waals surface area (Å²) in [7, 11) is 0. The Hall–Kier alpha value is -1.59. The van der Waals surface area contributed by atoms with E-state index < -0.39 is 11.6 Å². The fraction of sp³-hybridized carbons (Fsp3) is 0.357. The molecule has 0 fully saturated rings. The standard InChI is InChI=1S/C14H15Cl2N3O2/c1-14(2,7-15)12(20)13(19-9-17-8-18-19)21-11-5-3-10(16)4-6-11/h3-6,8-9,13H,7H2,1-2H3. The van der Waals surface area contributed by atoms with Gasteiger partial charge < -0.3 is 4.74 Å². The maximum Gasteiger partial charge on any atom is 0.252 e. The molecule has 1 heterocycles. The molecule has 0 radical (unpaired) electrons. The number of rotatable bonds is 6. The van der Waals surface area contributed by atoms with Crippen LogP contribution in [0.2, 0.25) is 5.02 Å². The summed E-state index contributed by atoms with van der Waals surface area (Å²) >= 11 is 11.7. The van der Waals surface area contributed by atoms with Gasteiger partial charge in [-0.3, -0.25) is 4.79 Å². The van der Waals surface area contributed by atoms with E-state index in [0.29, 0.717) is 10.8 Å². The Labute approximate surface area is 132 Å². The van der Waals surface area contributed by atoms with Crippen molar-refractivity contribution in [2.45, 2.75) is 20.1 Å². The number of nitrogens with zero attached hydrogens (tertiary/aromatic N) is 3. The van der Waals surface area contributed by atoms with E-state index in [1.165, 1.54) is 17.3 Å². The largest absolute Gasteiger partial charge is 0.461 e. The van der Waals surface area contributed by atoms with Crippen LogP contribution in [-0.2, 0) is 4.79 Å². The molecule has 0 saturated heterocycles. The predicted octanol–water partition coefficient (Wildman–Crippen LogP) is 3.34. The molecule has 1 unspecified atom stereocenters. The van der Waals surface area contributed by atoms with Crippen LogP contribution in [0, 0.1) is 5.41 Å². The molecule has 0 bridgehead atoms. The number of Topliss-reactive ketones (excluding diaryl/α,β-unsaturated/α-hetero) is 1. The van der Waals surface area contributed by atoms with Crippen molar-refractivity contribution in [3.8, 4) is 5.75 Å². The molecule has 21 heavy (non-hydrogen) atoms. The predicted molar refractivity (Wildman–Crippen MR) is 80.6 cm³/mol. The lowest BCUT2D eigenvalue weighted by atomic mass is 9.89. The summed E-state index contributed by atoms with van der Waals surface area (Å²) in [6, 6.07) is 6.75. The molecule has 2 aromatic rings. The van der Waals surface area contributed by atoms with Crippen molar-refractivity contribution in [3.05, 3.63) is 41.9 Å². The Morgan fingerprint density at radius 1 is 1.38 bits per heavy atom. The van der Waals surface area contributed by atoms with Gasteiger partial charge in [0.1, 0.15) is 18.4 Å². The molecule has 1 aromatic heterocycles. The SMILES string of the molecule is CC(C)(CCl)C(=O)C(Oc1ccc(Cl)cc1)n1cncn1. The molecule has 7 heteroatoms. The Morgan fingerprint density at radius 3 is 2.57 bits per heavy atom. The summed E-state index contributed by atoms with van der Waals surface area (Å²) < 4.78 is 7.12. The summed E-state index contributed by atoms with van der Waals surface area (Å²) in [4.78, 5) is 16.5. The van der Waals surface area contributed by atoms with Gasteiger partial charge in [-0.05, 0) is 24.3 Å². The smallest absolute Gasteiger partial charge is 0.252 e. The number of halogens is 2. The van der Waals surface area contributed by atoms with Crippen molar-refractivity contribution in [1.82, 2.24) is 14.8 Å². The zero-order valence-electron chi connectivity index (χ0n) is 11.7. The number of carbonyl (C=O) groups excluding carboxylic acids is 1. The van der Waals surface area contributed by atoms with Crippen molar-refractivity contribution in [2.24, 2.45) is 5.41 Å². The maximum atomic E-state index is 12.6. The number of aromatic nitrogens is 3. The molecule has 0 aliphatic carbocycles. The highest BCUT2D eigenvalue weighted by atomic mass is 35.5. The number of carbonyl (C=O) groups is 1. The number of ether oxygens (including phenoxy) is 1. The highest BCUT2D eigenvalue weighted by Gasteiger charge is 2.36. The normalized spacial score (nSPS) is 13.0. The fourth-order valence-corrected chi connectivity index (χ4v) is 1.87. The van der Waals surface area contributed by atoms with Gasteiger partial charge in [0.15, 0.2) is 0 Å². The van der Waals surface area contributed by atoms with E-state index in [0.717, 1.165) is 0 Å². The van der Waals surface area contributed by atoms with Crippen LogP contribution in [0.5, 0.6) is 5.75 Å².